The molecule has 1 fully saturated rings. The SMILES string of the molecule is CC1(C)C(=O)N(c2cnc(C#N)c(C(F)(F)F)c2)C(S)N1c1ccc(CCCc2ncco2)c(F)c1. The van der Waals surface area contributed by atoms with Crippen LogP contribution in [0.3, 0.4) is 0 Å². The number of oxazole rings is 1. The molecular formula is C24H21F4N5O2S. The molecule has 0 aliphatic carbocycles. The Labute approximate surface area is 209 Å². The van der Waals surface area contributed by atoms with E-state index in [1.54, 1.807) is 32.2 Å². The molecule has 1 aromatic carbocycles. The Morgan fingerprint density at radius 1 is 1.19 bits per heavy atom. The summed E-state index contributed by atoms with van der Waals surface area (Å²) in [7, 11) is 0. The van der Waals surface area contributed by atoms with Crippen molar-refractivity contribution in [1.82, 2.24) is 9.97 Å². The summed E-state index contributed by atoms with van der Waals surface area (Å²) in [5.74, 6) is -0.479. The highest BCUT2D eigenvalue weighted by Crippen LogP contribution is 2.42. The molecule has 0 bridgehead atoms. The highest BCUT2D eigenvalue weighted by Gasteiger charge is 2.52. The van der Waals surface area contributed by atoms with E-state index in [2.05, 4.69) is 22.6 Å². The van der Waals surface area contributed by atoms with Crippen LogP contribution in [-0.2, 0) is 23.8 Å². The number of halogens is 4. The van der Waals surface area contributed by atoms with Crippen molar-refractivity contribution in [3.63, 3.8) is 0 Å². The fourth-order valence-electron chi connectivity index (χ4n) is 4.20. The lowest BCUT2D eigenvalue weighted by Crippen LogP contribution is -2.45. The van der Waals surface area contributed by atoms with E-state index >= 15 is 0 Å². The summed E-state index contributed by atoms with van der Waals surface area (Å²) < 4.78 is 60.6. The number of hydrogen-bond acceptors (Lipinski definition) is 7. The molecule has 12 heteroatoms. The molecule has 0 N–H and O–H groups in total. The van der Waals surface area contributed by atoms with Gasteiger partial charge in [0, 0.05) is 12.1 Å². The summed E-state index contributed by atoms with van der Waals surface area (Å²) in [5.41, 5.74) is -3.76. The summed E-state index contributed by atoms with van der Waals surface area (Å²) >= 11 is 4.50. The van der Waals surface area contributed by atoms with E-state index in [1.165, 1.54) is 23.3 Å². The number of benzene rings is 1. The van der Waals surface area contributed by atoms with Crippen LogP contribution < -0.4 is 9.80 Å². The Morgan fingerprint density at radius 2 is 1.94 bits per heavy atom. The quantitative estimate of drug-likeness (QED) is 0.360. The molecule has 36 heavy (non-hydrogen) atoms. The summed E-state index contributed by atoms with van der Waals surface area (Å²) in [6, 6.07) is 6.64. The van der Waals surface area contributed by atoms with Crippen molar-refractivity contribution in [3.05, 3.63) is 71.5 Å². The molecule has 4 rings (SSSR count). The van der Waals surface area contributed by atoms with Gasteiger partial charge in [0.15, 0.2) is 17.1 Å². The van der Waals surface area contributed by atoms with E-state index in [9.17, 15) is 22.4 Å². The summed E-state index contributed by atoms with van der Waals surface area (Å²) in [5, 5.41) is 9.01. The van der Waals surface area contributed by atoms with Crippen LogP contribution in [0.4, 0.5) is 28.9 Å². The number of hydrogen-bond donors (Lipinski definition) is 1. The molecule has 1 aliphatic heterocycles. The van der Waals surface area contributed by atoms with E-state index in [-0.39, 0.29) is 5.69 Å². The number of nitriles is 1. The first-order valence-corrected chi connectivity index (χ1v) is 11.4. The van der Waals surface area contributed by atoms with Crippen LogP contribution in [0.2, 0.25) is 0 Å². The fraction of sp³-hybridized carbons (Fsp3) is 0.333. The zero-order valence-electron chi connectivity index (χ0n) is 19.3. The summed E-state index contributed by atoms with van der Waals surface area (Å²) in [4.78, 5) is 23.5. The van der Waals surface area contributed by atoms with Gasteiger partial charge in [-0.25, -0.2) is 14.4 Å². The first-order valence-electron chi connectivity index (χ1n) is 10.9. The van der Waals surface area contributed by atoms with Gasteiger partial charge in [0.05, 0.1) is 23.6 Å². The second-order valence-corrected chi connectivity index (χ2v) is 9.17. The maximum atomic E-state index is 15.0. The summed E-state index contributed by atoms with van der Waals surface area (Å²) in [6.07, 6.45) is 0.785. The average Bonchev–Trinajstić information content (AvgIpc) is 3.39. The lowest BCUT2D eigenvalue weighted by atomic mass is 10.0. The number of carbonyl (C=O) groups excluding carboxylic acids is 1. The molecule has 1 atom stereocenters. The van der Waals surface area contributed by atoms with E-state index < -0.39 is 40.2 Å². The highest BCUT2D eigenvalue weighted by atomic mass is 32.1. The van der Waals surface area contributed by atoms with Crippen molar-refractivity contribution in [2.45, 2.75) is 50.3 Å². The number of aryl methyl sites for hydroxylation is 2. The zero-order chi connectivity index (χ0) is 26.3. The number of aromatic nitrogens is 2. The third-order valence-corrected chi connectivity index (χ3v) is 6.47. The van der Waals surface area contributed by atoms with Crippen LogP contribution in [-0.4, -0.2) is 26.9 Å². The molecule has 0 radical (unpaired) electrons. The van der Waals surface area contributed by atoms with Gasteiger partial charge in [-0.3, -0.25) is 9.69 Å². The minimum atomic E-state index is -4.84. The minimum absolute atomic E-state index is 0.175. The first-order chi connectivity index (χ1) is 16.9. The van der Waals surface area contributed by atoms with Crippen molar-refractivity contribution in [1.29, 1.82) is 5.26 Å². The van der Waals surface area contributed by atoms with Crippen LogP contribution in [0.15, 0.2) is 47.3 Å². The van der Waals surface area contributed by atoms with Crippen LogP contribution in [0, 0.1) is 17.1 Å². The van der Waals surface area contributed by atoms with Crippen LogP contribution in [0.5, 0.6) is 0 Å². The molecule has 3 heterocycles. The van der Waals surface area contributed by atoms with Gasteiger partial charge in [-0.1, -0.05) is 6.07 Å². The molecule has 188 valence electrons. The number of alkyl halides is 3. The highest BCUT2D eigenvalue weighted by molar-refractivity contribution is 7.81. The van der Waals surface area contributed by atoms with E-state index in [4.69, 9.17) is 9.68 Å². The predicted molar refractivity (Wildman–Crippen MR) is 126 cm³/mol. The van der Waals surface area contributed by atoms with E-state index in [0.717, 1.165) is 11.1 Å². The van der Waals surface area contributed by atoms with Crippen molar-refractivity contribution >= 4 is 29.9 Å². The molecule has 0 saturated carbocycles. The molecular weight excluding hydrogens is 498 g/mol. The molecule has 2 aromatic heterocycles. The van der Waals surface area contributed by atoms with Gasteiger partial charge in [0.1, 0.15) is 23.7 Å². The topological polar surface area (TPSA) is 86.3 Å². The first kappa shape index (κ1) is 25.5. The third-order valence-electron chi connectivity index (χ3n) is 6.00. The normalized spacial score (nSPS) is 17.5. The Kier molecular flexibility index (Phi) is 6.70. The minimum Gasteiger partial charge on any atom is -0.449 e. The molecule has 3 aromatic rings. The van der Waals surface area contributed by atoms with Gasteiger partial charge in [-0.2, -0.15) is 18.4 Å². The number of carbonyl (C=O) groups is 1. The summed E-state index contributed by atoms with van der Waals surface area (Å²) in [6.45, 7) is 3.14. The Hall–Kier alpha value is -3.59. The molecule has 1 saturated heterocycles. The molecule has 7 nitrogen and oxygen atoms in total. The van der Waals surface area contributed by atoms with Crippen molar-refractivity contribution in [3.8, 4) is 6.07 Å². The second kappa shape index (κ2) is 9.46. The zero-order valence-corrected chi connectivity index (χ0v) is 20.1. The van der Waals surface area contributed by atoms with Crippen LogP contribution in [0.1, 0.15) is 43.0 Å². The lowest BCUT2D eigenvalue weighted by molar-refractivity contribution is -0.138. The standard InChI is InChI=1S/C24H21F4N5O2S/c1-23(2)21(34)32(16-10-17(24(26,27)28)19(12-29)31-13-16)22(36)33(23)15-7-6-14(18(25)11-15)4-3-5-20-30-8-9-35-20/h6-11,13,22,36H,3-5H2,1-2H3. The second-order valence-electron chi connectivity index (χ2n) is 8.70. The number of anilines is 2. The lowest BCUT2D eigenvalue weighted by Gasteiger charge is -2.33. The van der Waals surface area contributed by atoms with Gasteiger partial charge >= 0.3 is 6.18 Å². The number of pyridine rings is 1. The van der Waals surface area contributed by atoms with Crippen LogP contribution in [0.25, 0.3) is 0 Å². The van der Waals surface area contributed by atoms with Crippen LogP contribution >= 0.6 is 12.6 Å². The largest absolute Gasteiger partial charge is 0.449 e. The predicted octanol–water partition coefficient (Wildman–Crippen LogP) is 5.12. The van der Waals surface area contributed by atoms with E-state index in [0.29, 0.717) is 42.5 Å². The maximum Gasteiger partial charge on any atom is 0.419 e. The van der Waals surface area contributed by atoms with Gasteiger partial charge in [-0.05, 0) is 50.5 Å². The van der Waals surface area contributed by atoms with Gasteiger partial charge in [0.25, 0.3) is 5.91 Å². The van der Waals surface area contributed by atoms with Gasteiger partial charge in [0.2, 0.25) is 0 Å². The smallest absolute Gasteiger partial charge is 0.419 e. The van der Waals surface area contributed by atoms with Crippen molar-refractivity contribution < 1.29 is 26.8 Å². The Balaban J connectivity index is 1.61. The van der Waals surface area contributed by atoms with E-state index in [1.807, 2.05) is 0 Å². The monoisotopic (exact) mass is 519 g/mol. The number of amides is 1. The van der Waals surface area contributed by atoms with Gasteiger partial charge < -0.3 is 9.32 Å². The number of rotatable bonds is 6. The van der Waals surface area contributed by atoms with Gasteiger partial charge in [-0.15, -0.1) is 12.6 Å². The maximum absolute atomic E-state index is 15.0. The molecule has 1 unspecified atom stereocenters. The Morgan fingerprint density at radius 3 is 2.56 bits per heavy atom. The third kappa shape index (κ3) is 4.63. The molecule has 0 spiro atoms. The number of thiol groups is 1. The van der Waals surface area contributed by atoms with Crippen molar-refractivity contribution in [2.75, 3.05) is 9.80 Å². The average molecular weight is 520 g/mol. The Bertz CT molecular complexity index is 1320. The number of nitrogens with zero attached hydrogens (tertiary/aromatic N) is 5. The van der Waals surface area contributed by atoms with Crippen molar-refractivity contribution in [2.24, 2.45) is 0 Å². The fourth-order valence-corrected chi connectivity index (χ4v) is 4.86. The molecule has 1 aliphatic rings. The molecule has 1 amide bonds.